The van der Waals surface area contributed by atoms with E-state index >= 15 is 0 Å². The molecule has 29 heavy (non-hydrogen) atoms. The van der Waals surface area contributed by atoms with E-state index in [2.05, 4.69) is 20.4 Å². The number of aryl methyl sites for hydroxylation is 1. The van der Waals surface area contributed by atoms with Crippen molar-refractivity contribution in [3.05, 3.63) is 42.3 Å². The lowest BCUT2D eigenvalue weighted by Gasteiger charge is -2.14. The first-order chi connectivity index (χ1) is 14.1. The Bertz CT molecular complexity index is 1020. The van der Waals surface area contributed by atoms with Gasteiger partial charge in [-0.3, -0.25) is 9.88 Å². The van der Waals surface area contributed by atoms with Crippen LogP contribution in [0.2, 0.25) is 0 Å². The van der Waals surface area contributed by atoms with E-state index in [1.807, 2.05) is 6.92 Å². The van der Waals surface area contributed by atoms with Crippen molar-refractivity contribution in [2.45, 2.75) is 26.0 Å². The highest BCUT2D eigenvalue weighted by Gasteiger charge is 2.31. The Hall–Kier alpha value is -3.40. The molecule has 0 unspecified atom stereocenters. The van der Waals surface area contributed by atoms with Gasteiger partial charge in [-0.15, -0.1) is 10.2 Å². The van der Waals surface area contributed by atoms with Crippen molar-refractivity contribution in [3.63, 3.8) is 0 Å². The SMILES string of the molecule is CCCn1nnc(-c2ccc(-c3ccc(N4C[C@H](CN)OC4=O)cc3F)cn2)n1. The normalized spacial score (nSPS) is 16.3. The minimum absolute atomic E-state index is 0.224. The van der Waals surface area contributed by atoms with Crippen molar-refractivity contribution in [3.8, 4) is 22.6 Å². The molecule has 0 aliphatic carbocycles. The van der Waals surface area contributed by atoms with Gasteiger partial charge in [0.25, 0.3) is 0 Å². The zero-order valence-electron chi connectivity index (χ0n) is 15.8. The van der Waals surface area contributed by atoms with Crippen LogP contribution < -0.4 is 10.6 Å². The van der Waals surface area contributed by atoms with Gasteiger partial charge in [0.15, 0.2) is 0 Å². The predicted octanol–water partition coefficient (Wildman–Crippen LogP) is 2.24. The Morgan fingerprint density at radius 2 is 2.17 bits per heavy atom. The Kier molecular flexibility index (Phi) is 5.17. The minimum Gasteiger partial charge on any atom is -0.443 e. The number of anilines is 1. The summed E-state index contributed by atoms with van der Waals surface area (Å²) >= 11 is 0. The molecule has 3 aromatic rings. The summed E-state index contributed by atoms with van der Waals surface area (Å²) < 4.78 is 19.9. The number of aromatic nitrogens is 5. The molecule has 1 saturated heterocycles. The molecule has 1 atom stereocenters. The molecule has 150 valence electrons. The summed E-state index contributed by atoms with van der Waals surface area (Å²) in [4.78, 5) is 19.1. The summed E-state index contributed by atoms with van der Waals surface area (Å²) in [5.74, 6) is -0.0455. The molecule has 9 nitrogen and oxygen atoms in total. The number of cyclic esters (lactones) is 1. The third kappa shape index (κ3) is 3.79. The number of hydrogen-bond donors (Lipinski definition) is 1. The van der Waals surface area contributed by atoms with Crippen LogP contribution in [0.3, 0.4) is 0 Å². The fourth-order valence-corrected chi connectivity index (χ4v) is 3.09. The molecule has 3 heterocycles. The van der Waals surface area contributed by atoms with Crippen LogP contribution in [0.25, 0.3) is 22.6 Å². The third-order valence-electron chi connectivity index (χ3n) is 4.58. The molecular weight excluding hydrogens is 377 g/mol. The molecule has 2 N–H and O–H groups in total. The van der Waals surface area contributed by atoms with Crippen LogP contribution in [0.15, 0.2) is 36.5 Å². The Morgan fingerprint density at radius 1 is 1.31 bits per heavy atom. The van der Waals surface area contributed by atoms with Crippen molar-refractivity contribution in [2.24, 2.45) is 5.73 Å². The lowest BCUT2D eigenvalue weighted by molar-refractivity contribution is 0.145. The monoisotopic (exact) mass is 397 g/mol. The number of pyridine rings is 1. The minimum atomic E-state index is -0.526. The molecule has 1 aliphatic rings. The molecule has 1 fully saturated rings. The first-order valence-electron chi connectivity index (χ1n) is 9.31. The second-order valence-corrected chi connectivity index (χ2v) is 6.66. The van der Waals surface area contributed by atoms with Gasteiger partial charge in [0.1, 0.15) is 17.6 Å². The molecule has 0 spiro atoms. The molecule has 4 rings (SSSR count). The number of amides is 1. The largest absolute Gasteiger partial charge is 0.443 e. The number of nitrogens with zero attached hydrogens (tertiary/aromatic N) is 6. The van der Waals surface area contributed by atoms with Gasteiger partial charge in [0.05, 0.1) is 18.8 Å². The Balaban J connectivity index is 1.54. The zero-order valence-corrected chi connectivity index (χ0v) is 15.8. The van der Waals surface area contributed by atoms with Crippen molar-refractivity contribution >= 4 is 11.8 Å². The van der Waals surface area contributed by atoms with E-state index < -0.39 is 11.9 Å². The van der Waals surface area contributed by atoms with E-state index in [0.717, 1.165) is 6.42 Å². The molecule has 1 amide bonds. The zero-order chi connectivity index (χ0) is 20.4. The molecule has 0 radical (unpaired) electrons. The van der Waals surface area contributed by atoms with E-state index in [9.17, 15) is 9.18 Å². The second kappa shape index (κ2) is 7.92. The Labute approximate surface area is 166 Å². The summed E-state index contributed by atoms with van der Waals surface area (Å²) in [6.45, 7) is 3.23. The number of carbonyl (C=O) groups excluding carboxylic acids is 1. The summed E-state index contributed by atoms with van der Waals surface area (Å²) in [7, 11) is 0. The maximum atomic E-state index is 14.7. The highest BCUT2D eigenvalue weighted by atomic mass is 19.1. The molecular formula is C19H20FN7O2. The number of nitrogens with two attached hydrogens (primary N) is 1. The van der Waals surface area contributed by atoms with Gasteiger partial charge in [0, 0.05) is 23.9 Å². The van der Waals surface area contributed by atoms with Crippen LogP contribution >= 0.6 is 0 Å². The standard InChI is InChI=1S/C19H20FN7O2/c1-2-7-27-24-18(23-25-27)17-6-3-12(10-22-17)15-5-4-13(8-16(15)20)26-11-14(9-21)29-19(26)28/h3-6,8,10,14H,2,7,9,11,21H2,1H3/t14-/m0/s1. The molecule has 0 bridgehead atoms. The van der Waals surface area contributed by atoms with Crippen molar-refractivity contribution in [1.82, 2.24) is 25.2 Å². The van der Waals surface area contributed by atoms with E-state index in [0.29, 0.717) is 41.4 Å². The lowest BCUT2D eigenvalue weighted by Crippen LogP contribution is -2.27. The topological polar surface area (TPSA) is 112 Å². The molecule has 1 aromatic carbocycles. The summed E-state index contributed by atoms with van der Waals surface area (Å²) in [6.07, 6.45) is 1.55. The van der Waals surface area contributed by atoms with Crippen LogP contribution in [0.5, 0.6) is 0 Å². The van der Waals surface area contributed by atoms with E-state index in [1.165, 1.54) is 15.8 Å². The van der Waals surface area contributed by atoms with Crippen molar-refractivity contribution < 1.29 is 13.9 Å². The summed E-state index contributed by atoms with van der Waals surface area (Å²) in [5.41, 5.74) is 7.49. The van der Waals surface area contributed by atoms with Gasteiger partial charge in [0.2, 0.25) is 5.82 Å². The van der Waals surface area contributed by atoms with E-state index in [-0.39, 0.29) is 12.6 Å². The maximum Gasteiger partial charge on any atom is 0.414 e. The van der Waals surface area contributed by atoms with E-state index in [4.69, 9.17) is 10.5 Å². The number of rotatable bonds is 6. The quantitative estimate of drug-likeness (QED) is 0.679. The fourth-order valence-electron chi connectivity index (χ4n) is 3.09. The number of tetrazole rings is 1. The number of halogens is 1. The average molecular weight is 397 g/mol. The Morgan fingerprint density at radius 3 is 2.83 bits per heavy atom. The van der Waals surface area contributed by atoms with Gasteiger partial charge in [-0.1, -0.05) is 13.0 Å². The highest BCUT2D eigenvalue weighted by Crippen LogP contribution is 2.29. The van der Waals surface area contributed by atoms with Crippen molar-refractivity contribution in [2.75, 3.05) is 18.0 Å². The van der Waals surface area contributed by atoms with Crippen LogP contribution in [-0.2, 0) is 11.3 Å². The molecule has 10 heteroatoms. The number of benzene rings is 1. The molecule has 1 aliphatic heterocycles. The maximum absolute atomic E-state index is 14.7. The average Bonchev–Trinajstić information content (AvgIpc) is 3.35. The van der Waals surface area contributed by atoms with Gasteiger partial charge in [-0.2, -0.15) is 4.80 Å². The van der Waals surface area contributed by atoms with Crippen LogP contribution in [0.4, 0.5) is 14.9 Å². The predicted molar refractivity (Wildman–Crippen MR) is 103 cm³/mol. The van der Waals surface area contributed by atoms with E-state index in [1.54, 1.807) is 30.5 Å². The first kappa shape index (κ1) is 18.9. The smallest absolute Gasteiger partial charge is 0.414 e. The third-order valence-corrected chi connectivity index (χ3v) is 4.58. The van der Waals surface area contributed by atoms with Crippen LogP contribution in [0, 0.1) is 5.82 Å². The van der Waals surface area contributed by atoms with Gasteiger partial charge >= 0.3 is 6.09 Å². The molecule has 2 aromatic heterocycles. The van der Waals surface area contributed by atoms with Crippen LogP contribution in [-0.4, -0.2) is 50.5 Å². The van der Waals surface area contributed by atoms with Crippen LogP contribution in [0.1, 0.15) is 13.3 Å². The van der Waals surface area contributed by atoms with Gasteiger partial charge in [-0.05, 0) is 35.9 Å². The lowest BCUT2D eigenvalue weighted by atomic mass is 10.1. The summed E-state index contributed by atoms with van der Waals surface area (Å²) in [5, 5.41) is 12.2. The number of ether oxygens (including phenoxy) is 1. The second-order valence-electron chi connectivity index (χ2n) is 6.66. The molecule has 0 saturated carbocycles. The highest BCUT2D eigenvalue weighted by molar-refractivity contribution is 5.90. The van der Waals surface area contributed by atoms with Gasteiger partial charge < -0.3 is 10.5 Å². The first-order valence-corrected chi connectivity index (χ1v) is 9.31. The summed E-state index contributed by atoms with van der Waals surface area (Å²) in [6, 6.07) is 8.06. The number of hydrogen-bond acceptors (Lipinski definition) is 7. The fraction of sp³-hybridized carbons (Fsp3) is 0.316. The number of carbonyl (C=O) groups is 1. The van der Waals surface area contributed by atoms with Gasteiger partial charge in [-0.25, -0.2) is 9.18 Å². The van der Waals surface area contributed by atoms with Crippen molar-refractivity contribution in [1.29, 1.82) is 0 Å².